The van der Waals surface area contributed by atoms with E-state index in [1.54, 1.807) is 4.90 Å². The summed E-state index contributed by atoms with van der Waals surface area (Å²) in [7, 11) is 1.86. The second-order valence-electron chi connectivity index (χ2n) is 9.39. The van der Waals surface area contributed by atoms with Gasteiger partial charge in [0.2, 0.25) is 5.91 Å². The topological polar surface area (TPSA) is 52.7 Å². The fraction of sp³-hybridized carbons (Fsp3) is 0.652. The van der Waals surface area contributed by atoms with Crippen molar-refractivity contribution in [2.24, 2.45) is 11.8 Å². The van der Waals surface area contributed by atoms with E-state index in [-0.39, 0.29) is 23.8 Å². The van der Waals surface area contributed by atoms with Crippen LogP contribution in [-0.4, -0.2) is 42.4 Å². The molecule has 3 aliphatic heterocycles. The van der Waals surface area contributed by atoms with Crippen molar-refractivity contribution in [1.82, 2.24) is 10.2 Å². The van der Waals surface area contributed by atoms with Crippen LogP contribution in [0.2, 0.25) is 0 Å². The molecule has 3 unspecified atom stereocenters. The largest absolute Gasteiger partial charge is 0.353 e. The second kappa shape index (κ2) is 6.58. The van der Waals surface area contributed by atoms with Crippen LogP contribution >= 0.6 is 0 Å². The molecule has 0 radical (unpaired) electrons. The lowest BCUT2D eigenvalue weighted by Crippen LogP contribution is -2.56. The van der Waals surface area contributed by atoms with Crippen molar-refractivity contribution in [3.8, 4) is 0 Å². The second-order valence-corrected chi connectivity index (χ2v) is 9.39. The zero-order chi connectivity index (χ0) is 19.5. The average Bonchev–Trinajstić information content (AvgIpc) is 3.34. The normalized spacial score (nSPS) is 37.4. The number of anilines is 1. The zero-order valence-electron chi connectivity index (χ0n) is 17.0. The summed E-state index contributed by atoms with van der Waals surface area (Å²) in [5.74, 6) is 0.632. The Kier molecular flexibility index (Phi) is 4.27. The summed E-state index contributed by atoms with van der Waals surface area (Å²) in [6, 6.07) is 8.68. The third kappa shape index (κ3) is 2.41. The van der Waals surface area contributed by atoms with Crippen LogP contribution in [-0.2, 0) is 15.1 Å². The molecule has 2 amide bonds. The van der Waals surface area contributed by atoms with Crippen molar-refractivity contribution < 1.29 is 9.59 Å². The molecule has 5 rings (SSSR count). The maximum atomic E-state index is 13.7. The summed E-state index contributed by atoms with van der Waals surface area (Å²) in [5, 5.41) is 3.35. The summed E-state index contributed by atoms with van der Waals surface area (Å²) >= 11 is 0. The number of para-hydroxylation sites is 1. The number of fused-ring (bicyclic) bond motifs is 4. The van der Waals surface area contributed by atoms with Crippen LogP contribution in [0.5, 0.6) is 0 Å². The quantitative estimate of drug-likeness (QED) is 0.857. The highest BCUT2D eigenvalue weighted by Crippen LogP contribution is 2.56. The first-order valence-electron chi connectivity index (χ1n) is 11.0. The van der Waals surface area contributed by atoms with Crippen molar-refractivity contribution in [3.05, 3.63) is 29.8 Å². The van der Waals surface area contributed by atoms with E-state index >= 15 is 0 Å². The lowest BCUT2D eigenvalue weighted by atomic mass is 9.77. The number of carbonyl (C=O) groups is 2. The summed E-state index contributed by atoms with van der Waals surface area (Å²) in [6.45, 7) is 3.20. The van der Waals surface area contributed by atoms with Gasteiger partial charge in [0, 0.05) is 30.4 Å². The predicted molar refractivity (Wildman–Crippen MR) is 109 cm³/mol. The maximum Gasteiger partial charge on any atom is 0.252 e. The first kappa shape index (κ1) is 18.2. The number of hydrogen-bond acceptors (Lipinski definition) is 3. The smallest absolute Gasteiger partial charge is 0.252 e. The molecule has 1 aromatic rings. The van der Waals surface area contributed by atoms with E-state index in [1.807, 2.05) is 25.2 Å². The third-order valence-corrected chi connectivity index (χ3v) is 7.83. The van der Waals surface area contributed by atoms with E-state index in [0.29, 0.717) is 6.04 Å². The van der Waals surface area contributed by atoms with Crippen molar-refractivity contribution in [2.75, 3.05) is 18.5 Å². The van der Waals surface area contributed by atoms with E-state index in [0.717, 1.165) is 55.8 Å². The number of nitrogens with zero attached hydrogens (tertiary/aromatic N) is 2. The van der Waals surface area contributed by atoms with Crippen LogP contribution in [0.1, 0.15) is 57.4 Å². The van der Waals surface area contributed by atoms with Crippen molar-refractivity contribution >= 4 is 17.5 Å². The minimum absolute atomic E-state index is 0.0792. The Morgan fingerprint density at radius 1 is 1.14 bits per heavy atom. The van der Waals surface area contributed by atoms with E-state index in [9.17, 15) is 9.59 Å². The highest BCUT2D eigenvalue weighted by Gasteiger charge is 2.66. The van der Waals surface area contributed by atoms with Gasteiger partial charge in [-0.25, -0.2) is 0 Å². The van der Waals surface area contributed by atoms with Gasteiger partial charge in [-0.2, -0.15) is 0 Å². The van der Waals surface area contributed by atoms with E-state index < -0.39 is 5.54 Å². The van der Waals surface area contributed by atoms with Gasteiger partial charge in [0.15, 0.2) is 0 Å². The molecular formula is C23H31N3O2. The monoisotopic (exact) mass is 381 g/mol. The molecule has 3 fully saturated rings. The number of amides is 2. The molecular weight excluding hydrogens is 350 g/mol. The zero-order valence-corrected chi connectivity index (χ0v) is 17.0. The first-order valence-corrected chi connectivity index (χ1v) is 11.0. The molecule has 1 N–H and O–H groups in total. The molecule has 0 bridgehead atoms. The number of rotatable bonds is 2. The molecule has 1 spiro atoms. The third-order valence-electron chi connectivity index (χ3n) is 7.83. The Morgan fingerprint density at radius 3 is 2.68 bits per heavy atom. The molecule has 5 heteroatoms. The van der Waals surface area contributed by atoms with Gasteiger partial charge < -0.3 is 10.2 Å². The molecule has 3 heterocycles. The Balaban J connectivity index is 1.51. The standard InChI is InChI=1S/C23H31N3O2/c1-15-9-11-16(12-10-15)24-21(27)19-14-17-6-5-13-26(17)23(19)18-7-3-4-8-20(18)25(2)22(23)28/h3-4,7-8,15-17,19H,5-6,9-14H2,1-2H3,(H,24,27). The summed E-state index contributed by atoms with van der Waals surface area (Å²) < 4.78 is 0. The van der Waals surface area contributed by atoms with E-state index in [2.05, 4.69) is 23.2 Å². The molecule has 1 aromatic carbocycles. The molecule has 4 aliphatic rings. The van der Waals surface area contributed by atoms with Gasteiger partial charge in [0.1, 0.15) is 5.54 Å². The average molecular weight is 382 g/mol. The molecule has 3 atom stereocenters. The van der Waals surface area contributed by atoms with Gasteiger partial charge in [-0.15, -0.1) is 0 Å². The number of nitrogens with one attached hydrogen (secondary N) is 1. The highest BCUT2D eigenvalue weighted by molar-refractivity contribution is 6.10. The van der Waals surface area contributed by atoms with Crippen LogP contribution in [0.25, 0.3) is 0 Å². The molecule has 28 heavy (non-hydrogen) atoms. The van der Waals surface area contributed by atoms with Crippen molar-refractivity contribution in [1.29, 1.82) is 0 Å². The van der Waals surface area contributed by atoms with Crippen LogP contribution < -0.4 is 10.2 Å². The number of carbonyl (C=O) groups excluding carboxylic acids is 2. The number of benzene rings is 1. The van der Waals surface area contributed by atoms with Crippen LogP contribution in [0, 0.1) is 11.8 Å². The molecule has 150 valence electrons. The maximum absolute atomic E-state index is 13.7. The van der Waals surface area contributed by atoms with Gasteiger partial charge in [-0.05, 0) is 63.5 Å². The Morgan fingerprint density at radius 2 is 1.89 bits per heavy atom. The minimum Gasteiger partial charge on any atom is -0.353 e. The number of hydrogen-bond donors (Lipinski definition) is 1. The Bertz CT molecular complexity index is 801. The molecule has 1 aliphatic carbocycles. The van der Waals surface area contributed by atoms with Crippen LogP contribution in [0.15, 0.2) is 24.3 Å². The predicted octanol–water partition coefficient (Wildman–Crippen LogP) is 3.04. The highest BCUT2D eigenvalue weighted by atomic mass is 16.2. The first-order chi connectivity index (χ1) is 13.5. The summed E-state index contributed by atoms with van der Waals surface area (Å²) in [6.07, 6.45) is 7.48. The Hall–Kier alpha value is -1.88. The van der Waals surface area contributed by atoms with Crippen LogP contribution in [0.4, 0.5) is 5.69 Å². The minimum atomic E-state index is -0.807. The van der Waals surface area contributed by atoms with Gasteiger partial charge in [0.05, 0.1) is 5.92 Å². The lowest BCUT2D eigenvalue weighted by molar-refractivity contribution is -0.139. The van der Waals surface area contributed by atoms with Crippen molar-refractivity contribution in [3.63, 3.8) is 0 Å². The van der Waals surface area contributed by atoms with Gasteiger partial charge >= 0.3 is 0 Å². The van der Waals surface area contributed by atoms with Crippen molar-refractivity contribution in [2.45, 2.75) is 69.5 Å². The lowest BCUT2D eigenvalue weighted by Gasteiger charge is -2.38. The van der Waals surface area contributed by atoms with Crippen LogP contribution in [0.3, 0.4) is 0 Å². The summed E-state index contributed by atoms with van der Waals surface area (Å²) in [4.78, 5) is 31.4. The van der Waals surface area contributed by atoms with E-state index in [4.69, 9.17) is 0 Å². The number of likely N-dealkylation sites (N-methyl/N-ethyl adjacent to an activating group) is 1. The van der Waals surface area contributed by atoms with E-state index in [1.165, 1.54) is 12.8 Å². The SMILES string of the molecule is CC1CCC(NC(=O)C2CC3CCCN3C23C(=O)N(C)c2ccccc23)CC1. The van der Waals surface area contributed by atoms with Gasteiger partial charge in [-0.1, -0.05) is 25.1 Å². The fourth-order valence-corrected chi connectivity index (χ4v) is 6.37. The summed E-state index contributed by atoms with van der Waals surface area (Å²) in [5.41, 5.74) is 1.19. The molecule has 5 nitrogen and oxygen atoms in total. The molecule has 0 aromatic heterocycles. The molecule has 2 saturated heterocycles. The molecule has 1 saturated carbocycles. The van der Waals surface area contributed by atoms with Gasteiger partial charge in [-0.3, -0.25) is 14.5 Å². The Labute approximate surface area is 167 Å². The fourth-order valence-electron chi connectivity index (χ4n) is 6.37. The van der Waals surface area contributed by atoms with Gasteiger partial charge in [0.25, 0.3) is 5.91 Å².